The van der Waals surface area contributed by atoms with E-state index in [2.05, 4.69) is 215 Å². The van der Waals surface area contributed by atoms with Crippen LogP contribution in [-0.2, 0) is 6.42 Å². The maximum atomic E-state index is 5.73. The highest BCUT2D eigenvalue weighted by Crippen LogP contribution is 2.36. The molecule has 1 aliphatic rings. The molecule has 1 N–H and O–H groups in total. The van der Waals surface area contributed by atoms with Crippen molar-refractivity contribution in [2.24, 2.45) is 4.99 Å². The third-order valence-electron chi connectivity index (χ3n) is 11.0. The Balaban J connectivity index is 0.000000319. The van der Waals surface area contributed by atoms with Gasteiger partial charge in [-0.15, -0.1) is 13.2 Å². The van der Waals surface area contributed by atoms with Gasteiger partial charge >= 0.3 is 0 Å². The number of aryl methyl sites for hydroxylation is 1. The van der Waals surface area contributed by atoms with Gasteiger partial charge in [0.05, 0.1) is 11.4 Å². The van der Waals surface area contributed by atoms with Crippen molar-refractivity contribution in [3.8, 4) is 11.1 Å². The van der Waals surface area contributed by atoms with Crippen LogP contribution in [0.2, 0.25) is 0 Å². The summed E-state index contributed by atoms with van der Waals surface area (Å²) in [4.78, 5) is 7.70. The Morgan fingerprint density at radius 1 is 0.703 bits per heavy atom. The molecule has 8 aromatic rings. The highest BCUT2D eigenvalue weighted by Gasteiger charge is 2.20. The second-order valence-electron chi connectivity index (χ2n) is 15.5. The molecule has 9 rings (SSSR count). The molecular formula is C60H57N3O. The molecule has 0 unspecified atom stereocenters. The van der Waals surface area contributed by atoms with Crippen LogP contribution in [-0.4, -0.2) is 5.71 Å². The summed E-state index contributed by atoms with van der Waals surface area (Å²) >= 11 is 0. The summed E-state index contributed by atoms with van der Waals surface area (Å²) in [6, 6.07) is 61.2. The highest BCUT2D eigenvalue weighted by atomic mass is 16.3. The summed E-state index contributed by atoms with van der Waals surface area (Å²) < 4.78 is 5.73. The molecule has 0 atom stereocenters. The molecule has 4 heteroatoms. The van der Waals surface area contributed by atoms with Gasteiger partial charge in [0.15, 0.2) is 0 Å². The van der Waals surface area contributed by atoms with Crippen molar-refractivity contribution in [2.75, 3.05) is 10.2 Å². The van der Waals surface area contributed by atoms with Crippen LogP contribution in [0.5, 0.6) is 0 Å². The van der Waals surface area contributed by atoms with E-state index in [4.69, 9.17) is 9.41 Å². The van der Waals surface area contributed by atoms with Gasteiger partial charge in [0, 0.05) is 33.4 Å². The van der Waals surface area contributed by atoms with Crippen molar-refractivity contribution in [1.82, 2.24) is 0 Å². The molecule has 0 fully saturated rings. The Bertz CT molecular complexity index is 2930. The number of para-hydroxylation sites is 4. The third kappa shape index (κ3) is 10.7. The molecule has 4 nitrogen and oxygen atoms in total. The minimum Gasteiger partial charge on any atom is -0.456 e. The Morgan fingerprint density at radius 2 is 1.36 bits per heavy atom. The quantitative estimate of drug-likeness (QED) is 0.110. The van der Waals surface area contributed by atoms with Crippen LogP contribution < -0.4 is 10.2 Å². The topological polar surface area (TPSA) is 40.8 Å². The lowest BCUT2D eigenvalue weighted by Gasteiger charge is -2.28. The third-order valence-corrected chi connectivity index (χ3v) is 11.0. The number of aliphatic imine (C=N–C) groups is 1. The minimum atomic E-state index is 0.789. The molecule has 0 bridgehead atoms. The number of furan rings is 1. The normalized spacial score (nSPS) is 14.1. The second kappa shape index (κ2) is 21.9. The average Bonchev–Trinajstić information content (AvgIpc) is 3.73. The first-order chi connectivity index (χ1) is 31.5. The van der Waals surface area contributed by atoms with Crippen molar-refractivity contribution < 1.29 is 4.42 Å². The zero-order chi connectivity index (χ0) is 44.7. The fourth-order valence-electron chi connectivity index (χ4n) is 7.95. The lowest BCUT2D eigenvalue weighted by atomic mass is 10.0. The lowest BCUT2D eigenvalue weighted by molar-refractivity contribution is 0.668. The first-order valence-corrected chi connectivity index (χ1v) is 22.2. The van der Waals surface area contributed by atoms with Crippen LogP contribution in [0, 0.1) is 6.92 Å². The number of anilines is 3. The minimum absolute atomic E-state index is 0.789. The number of benzene rings is 7. The van der Waals surface area contributed by atoms with E-state index in [1.54, 1.807) is 0 Å². The van der Waals surface area contributed by atoms with Crippen molar-refractivity contribution >= 4 is 50.3 Å². The van der Waals surface area contributed by atoms with Crippen molar-refractivity contribution in [1.29, 1.82) is 0 Å². The molecule has 7 aromatic carbocycles. The van der Waals surface area contributed by atoms with Crippen molar-refractivity contribution in [3.05, 3.63) is 254 Å². The summed E-state index contributed by atoms with van der Waals surface area (Å²) in [6.45, 7) is 17.1. The van der Waals surface area contributed by atoms with Crippen LogP contribution in [0.1, 0.15) is 55.4 Å². The van der Waals surface area contributed by atoms with Crippen LogP contribution >= 0.6 is 0 Å². The van der Waals surface area contributed by atoms with Gasteiger partial charge in [0.25, 0.3) is 0 Å². The number of nitrogens with one attached hydrogen (secondary N) is 1. The van der Waals surface area contributed by atoms with Crippen LogP contribution in [0.25, 0.3) is 38.6 Å². The van der Waals surface area contributed by atoms with Crippen molar-refractivity contribution in [2.45, 2.75) is 46.5 Å². The number of fused-ring (bicyclic) bond motifs is 4. The predicted molar refractivity (Wildman–Crippen MR) is 276 cm³/mol. The molecule has 2 heterocycles. The lowest BCUT2D eigenvalue weighted by Crippen LogP contribution is -2.22. The fourth-order valence-corrected chi connectivity index (χ4v) is 7.95. The molecule has 0 saturated heterocycles. The molecule has 1 aromatic heterocycles. The molecular weight excluding hydrogens is 779 g/mol. The monoisotopic (exact) mass is 835 g/mol. The Hall–Kier alpha value is -7.69. The number of allylic oxidation sites excluding steroid dienone is 5. The summed E-state index contributed by atoms with van der Waals surface area (Å²) in [5.41, 5.74) is 15.3. The predicted octanol–water partition coefficient (Wildman–Crippen LogP) is 16.9. The van der Waals surface area contributed by atoms with Gasteiger partial charge in [-0.1, -0.05) is 179 Å². The largest absolute Gasteiger partial charge is 0.456 e. The number of hydrogen-bond donors (Lipinski definition) is 1. The molecule has 0 spiro atoms. The van der Waals surface area contributed by atoms with Crippen LogP contribution in [0.4, 0.5) is 17.1 Å². The fraction of sp³-hybridized carbons (Fsp3) is 0.117. The SMILES string of the molecule is C=C.C=C1/C=C(c2ccccc2Nc2ccccc2)\C=C/Cc2ccccc2N1/C(=C\CC)N=C(CCC)c1ccc(-c2ccccc2)cc1.Cc1ccc2c(c1)oc1ccccc12. The van der Waals surface area contributed by atoms with Gasteiger partial charge in [-0.25, -0.2) is 4.99 Å². The molecule has 0 radical (unpaired) electrons. The maximum absolute atomic E-state index is 5.73. The number of rotatable bonds is 10. The van der Waals surface area contributed by atoms with E-state index in [0.717, 1.165) is 87.8 Å². The van der Waals surface area contributed by atoms with Gasteiger partial charge in [-0.3, -0.25) is 4.90 Å². The highest BCUT2D eigenvalue weighted by molar-refractivity contribution is 6.05. The van der Waals surface area contributed by atoms with Crippen LogP contribution in [0.3, 0.4) is 0 Å². The zero-order valence-electron chi connectivity index (χ0n) is 37.3. The van der Waals surface area contributed by atoms with E-state index in [1.165, 1.54) is 33.0 Å². The standard InChI is InChI=1S/C45H43N3.C13H10O.C2H4/c1-4-17-42(37-31-29-36(30-32-37)35-19-8-6-9-20-35)47-45(18-5-2)48-34(3)33-39(23-16-22-38-21-12-15-28-44(38)48)41-26-13-14-27-43(41)46-40-24-10-7-11-25-40;1-9-6-7-11-10-4-2-3-5-12(10)14-13(11)8-9;1-2/h6-16,18-21,23-33,46H,3-5,17,22H2,1-2H3;2-8H,1H3;1-2H2/b23-16-,39-33+,45-18-,47-42?;;. The van der Waals surface area contributed by atoms with E-state index in [1.807, 2.05) is 36.4 Å². The first-order valence-electron chi connectivity index (χ1n) is 22.2. The van der Waals surface area contributed by atoms with E-state index in [0.29, 0.717) is 0 Å². The number of nitrogens with zero attached hydrogens (tertiary/aromatic N) is 2. The molecule has 318 valence electrons. The Kier molecular flexibility index (Phi) is 15.2. The van der Waals surface area contributed by atoms with Crippen LogP contribution in [0.15, 0.2) is 241 Å². The molecule has 0 amide bonds. The van der Waals surface area contributed by atoms with E-state index in [-0.39, 0.29) is 0 Å². The average molecular weight is 836 g/mol. The first kappa shape index (κ1) is 44.4. The Morgan fingerprint density at radius 3 is 2.12 bits per heavy atom. The van der Waals surface area contributed by atoms with Crippen molar-refractivity contribution in [3.63, 3.8) is 0 Å². The molecule has 0 aliphatic carbocycles. The summed E-state index contributed by atoms with van der Waals surface area (Å²) in [5, 5.41) is 6.03. The smallest absolute Gasteiger partial charge is 0.135 e. The van der Waals surface area contributed by atoms with Gasteiger partial charge in [0.1, 0.15) is 17.0 Å². The van der Waals surface area contributed by atoms with Gasteiger partial charge in [-0.2, -0.15) is 0 Å². The second-order valence-corrected chi connectivity index (χ2v) is 15.5. The summed E-state index contributed by atoms with van der Waals surface area (Å²) in [5.74, 6) is 0.888. The Labute approximate surface area is 379 Å². The van der Waals surface area contributed by atoms with E-state index >= 15 is 0 Å². The maximum Gasteiger partial charge on any atom is 0.135 e. The van der Waals surface area contributed by atoms with Gasteiger partial charge in [0.2, 0.25) is 0 Å². The van der Waals surface area contributed by atoms with Gasteiger partial charge in [-0.05, 0) is 108 Å². The summed E-state index contributed by atoms with van der Waals surface area (Å²) in [6.07, 6.45) is 12.4. The van der Waals surface area contributed by atoms with Gasteiger partial charge < -0.3 is 9.73 Å². The molecule has 64 heavy (non-hydrogen) atoms. The molecule has 0 saturated carbocycles. The van der Waals surface area contributed by atoms with E-state index < -0.39 is 0 Å². The van der Waals surface area contributed by atoms with E-state index in [9.17, 15) is 0 Å². The summed E-state index contributed by atoms with van der Waals surface area (Å²) in [7, 11) is 0. The number of hydrogen-bond acceptors (Lipinski definition) is 4. The zero-order valence-corrected chi connectivity index (χ0v) is 37.3. The molecule has 1 aliphatic heterocycles.